The lowest BCUT2D eigenvalue weighted by Gasteiger charge is -2.07. The zero-order valence-electron chi connectivity index (χ0n) is 11.5. The maximum Gasteiger partial charge on any atom is 0.258 e. The molecule has 0 saturated heterocycles. The van der Waals surface area contributed by atoms with Crippen LogP contribution in [0.1, 0.15) is 11.1 Å². The molecule has 2 heterocycles. The quantitative estimate of drug-likeness (QED) is 0.801. The van der Waals surface area contributed by atoms with Crippen LogP contribution < -0.4 is 15.2 Å². The molecule has 112 valence electrons. The molecule has 0 unspecified atom stereocenters. The van der Waals surface area contributed by atoms with Gasteiger partial charge in [-0.05, 0) is 23.3 Å². The molecule has 7 nitrogen and oxygen atoms in total. The van der Waals surface area contributed by atoms with Gasteiger partial charge in [-0.25, -0.2) is 23.1 Å². The highest BCUT2D eigenvalue weighted by Gasteiger charge is 2.15. The third kappa shape index (κ3) is 3.97. The molecule has 0 radical (unpaired) electrons. The summed E-state index contributed by atoms with van der Waals surface area (Å²) in [7, 11) is -2.17. The van der Waals surface area contributed by atoms with Gasteiger partial charge in [0, 0.05) is 31.5 Å². The van der Waals surface area contributed by atoms with Crippen LogP contribution in [0.4, 0.5) is 0 Å². The third-order valence-corrected chi connectivity index (χ3v) is 4.10. The number of methoxy groups -OCH3 is 1. The summed E-state index contributed by atoms with van der Waals surface area (Å²) in [6.07, 6.45) is 3.00. The van der Waals surface area contributed by atoms with E-state index in [4.69, 9.17) is 10.5 Å². The molecule has 0 atom stereocenters. The van der Waals surface area contributed by atoms with Gasteiger partial charge in [0.2, 0.25) is 5.88 Å². The summed E-state index contributed by atoms with van der Waals surface area (Å²) in [4.78, 5) is 7.86. The van der Waals surface area contributed by atoms with Crippen molar-refractivity contribution in [3.8, 4) is 5.88 Å². The number of nitrogens with zero attached hydrogens (tertiary/aromatic N) is 2. The molecule has 8 heteroatoms. The summed E-state index contributed by atoms with van der Waals surface area (Å²) in [5.74, 6) is 0.428. The van der Waals surface area contributed by atoms with Crippen LogP contribution in [-0.4, -0.2) is 25.5 Å². The molecule has 2 aromatic rings. The molecule has 2 aromatic heterocycles. The number of hydrogen-bond acceptors (Lipinski definition) is 6. The van der Waals surface area contributed by atoms with Crippen molar-refractivity contribution >= 4 is 10.0 Å². The first-order valence-electron chi connectivity index (χ1n) is 6.19. The van der Waals surface area contributed by atoms with Gasteiger partial charge in [0.25, 0.3) is 10.0 Å². The lowest BCUT2D eigenvalue weighted by molar-refractivity contribution is 0.397. The van der Waals surface area contributed by atoms with Crippen molar-refractivity contribution in [2.75, 3.05) is 7.11 Å². The standard InChI is InChI=1S/C13H16N4O3S/c1-20-12-6-10(4-5-15-12)9-17-21(18,19)13-3-2-11(7-14)8-16-13/h2-6,8,17H,7,9,14H2,1H3. The second-order valence-electron chi connectivity index (χ2n) is 4.24. The highest BCUT2D eigenvalue weighted by molar-refractivity contribution is 7.89. The largest absolute Gasteiger partial charge is 0.481 e. The number of nitrogens with two attached hydrogens (primary N) is 1. The van der Waals surface area contributed by atoms with Crippen LogP contribution in [0.15, 0.2) is 41.7 Å². The van der Waals surface area contributed by atoms with Crippen molar-refractivity contribution < 1.29 is 13.2 Å². The van der Waals surface area contributed by atoms with Crippen molar-refractivity contribution in [3.05, 3.63) is 47.8 Å². The zero-order valence-corrected chi connectivity index (χ0v) is 12.3. The molecular weight excluding hydrogens is 292 g/mol. The lowest BCUT2D eigenvalue weighted by Crippen LogP contribution is -2.24. The second-order valence-corrected chi connectivity index (χ2v) is 5.95. The van der Waals surface area contributed by atoms with E-state index in [1.54, 1.807) is 24.4 Å². The summed E-state index contributed by atoms with van der Waals surface area (Å²) in [6.45, 7) is 0.444. The van der Waals surface area contributed by atoms with Crippen LogP contribution in [0.3, 0.4) is 0 Å². The fraction of sp³-hybridized carbons (Fsp3) is 0.231. The van der Waals surface area contributed by atoms with Gasteiger partial charge < -0.3 is 10.5 Å². The van der Waals surface area contributed by atoms with E-state index >= 15 is 0 Å². The molecular formula is C13H16N4O3S. The minimum absolute atomic E-state index is 0.0410. The SMILES string of the molecule is COc1cc(CNS(=O)(=O)c2ccc(CN)cn2)ccn1. The van der Waals surface area contributed by atoms with Crippen molar-refractivity contribution in [2.24, 2.45) is 5.73 Å². The topological polar surface area (TPSA) is 107 Å². The predicted octanol–water partition coefficient (Wildman–Crippen LogP) is 0.422. The van der Waals surface area contributed by atoms with Crippen molar-refractivity contribution in [2.45, 2.75) is 18.1 Å². The Hall–Kier alpha value is -2.03. The van der Waals surface area contributed by atoms with E-state index in [-0.39, 0.29) is 11.6 Å². The predicted molar refractivity (Wildman–Crippen MR) is 76.9 cm³/mol. The summed E-state index contributed by atoms with van der Waals surface area (Å²) >= 11 is 0. The minimum Gasteiger partial charge on any atom is -0.481 e. The van der Waals surface area contributed by atoms with Crippen molar-refractivity contribution in [3.63, 3.8) is 0 Å². The van der Waals surface area contributed by atoms with Gasteiger partial charge in [-0.1, -0.05) is 6.07 Å². The molecule has 0 fully saturated rings. The lowest BCUT2D eigenvalue weighted by atomic mass is 10.3. The molecule has 21 heavy (non-hydrogen) atoms. The van der Waals surface area contributed by atoms with E-state index in [1.807, 2.05) is 0 Å². The Morgan fingerprint density at radius 3 is 2.67 bits per heavy atom. The Bertz CT molecular complexity index is 702. The van der Waals surface area contributed by atoms with Crippen molar-refractivity contribution in [1.29, 1.82) is 0 Å². The average Bonchev–Trinajstić information content (AvgIpc) is 2.53. The summed E-state index contributed by atoms with van der Waals surface area (Å²) in [5.41, 5.74) is 6.96. The highest BCUT2D eigenvalue weighted by Crippen LogP contribution is 2.10. The number of hydrogen-bond donors (Lipinski definition) is 2. The van der Waals surface area contributed by atoms with Crippen LogP contribution in [0.5, 0.6) is 5.88 Å². The fourth-order valence-electron chi connectivity index (χ4n) is 1.61. The van der Waals surface area contributed by atoms with Gasteiger partial charge in [-0.2, -0.15) is 0 Å². The highest BCUT2D eigenvalue weighted by atomic mass is 32.2. The first-order valence-corrected chi connectivity index (χ1v) is 7.67. The van der Waals surface area contributed by atoms with Gasteiger partial charge in [0.1, 0.15) is 0 Å². The first kappa shape index (κ1) is 15.4. The van der Waals surface area contributed by atoms with E-state index in [2.05, 4.69) is 14.7 Å². The second kappa shape index (κ2) is 6.61. The Balaban J connectivity index is 2.09. The molecule has 2 rings (SSSR count). The van der Waals surface area contributed by atoms with E-state index in [0.29, 0.717) is 12.4 Å². The number of pyridine rings is 2. The number of nitrogens with one attached hydrogen (secondary N) is 1. The zero-order chi connectivity index (χ0) is 15.3. The molecule has 0 saturated carbocycles. The molecule has 0 spiro atoms. The maximum atomic E-state index is 12.1. The number of ether oxygens (including phenoxy) is 1. The van der Waals surface area contributed by atoms with Gasteiger partial charge in [0.15, 0.2) is 5.03 Å². The Morgan fingerprint density at radius 2 is 2.05 bits per heavy atom. The monoisotopic (exact) mass is 308 g/mol. The Morgan fingerprint density at radius 1 is 1.24 bits per heavy atom. The van der Waals surface area contributed by atoms with E-state index in [9.17, 15) is 8.42 Å². The van der Waals surface area contributed by atoms with Crippen LogP contribution in [0.25, 0.3) is 0 Å². The molecule has 0 aromatic carbocycles. The van der Waals surface area contributed by atoms with Crippen LogP contribution >= 0.6 is 0 Å². The van der Waals surface area contributed by atoms with Crippen molar-refractivity contribution in [1.82, 2.24) is 14.7 Å². The third-order valence-electron chi connectivity index (χ3n) is 2.78. The summed E-state index contributed by atoms with van der Waals surface area (Å²) < 4.78 is 31.7. The number of sulfonamides is 1. The smallest absolute Gasteiger partial charge is 0.258 e. The number of rotatable bonds is 6. The van der Waals surface area contributed by atoms with E-state index in [1.165, 1.54) is 19.4 Å². The van der Waals surface area contributed by atoms with Crippen LogP contribution in [-0.2, 0) is 23.1 Å². The normalized spacial score (nSPS) is 11.3. The summed E-state index contributed by atoms with van der Waals surface area (Å²) in [5, 5.41) is -0.0410. The Labute approximate surface area is 123 Å². The fourth-order valence-corrected chi connectivity index (χ4v) is 2.56. The van der Waals surface area contributed by atoms with Crippen LogP contribution in [0, 0.1) is 0 Å². The number of aromatic nitrogens is 2. The van der Waals surface area contributed by atoms with Gasteiger partial charge >= 0.3 is 0 Å². The molecule has 0 aliphatic carbocycles. The maximum absolute atomic E-state index is 12.1. The van der Waals surface area contributed by atoms with E-state index < -0.39 is 10.0 Å². The van der Waals surface area contributed by atoms with Crippen LogP contribution in [0.2, 0.25) is 0 Å². The van der Waals surface area contributed by atoms with Gasteiger partial charge in [-0.3, -0.25) is 0 Å². The molecule has 0 aliphatic rings. The molecule has 0 aliphatic heterocycles. The molecule has 0 amide bonds. The van der Waals surface area contributed by atoms with E-state index in [0.717, 1.165) is 11.1 Å². The first-order chi connectivity index (χ1) is 10.0. The molecule has 0 bridgehead atoms. The van der Waals surface area contributed by atoms with Gasteiger partial charge in [0.05, 0.1) is 7.11 Å². The average molecular weight is 308 g/mol. The van der Waals surface area contributed by atoms with Gasteiger partial charge in [-0.15, -0.1) is 0 Å². The minimum atomic E-state index is -3.67. The Kier molecular flexibility index (Phi) is 4.84. The molecule has 3 N–H and O–H groups in total. The summed E-state index contributed by atoms with van der Waals surface area (Å²) in [6, 6.07) is 6.43.